The molecule has 16 heavy (non-hydrogen) atoms. The van der Waals surface area contributed by atoms with Crippen molar-refractivity contribution < 1.29 is 19.8 Å². The SMILES string of the molecule is CC1=CC(C(=O)O)=C(C)C(C)C1(C)C(=O)O. The van der Waals surface area contributed by atoms with Crippen molar-refractivity contribution in [3.05, 3.63) is 22.8 Å². The lowest BCUT2D eigenvalue weighted by Gasteiger charge is -2.37. The average molecular weight is 224 g/mol. The summed E-state index contributed by atoms with van der Waals surface area (Å²) in [6.07, 6.45) is 1.46. The summed E-state index contributed by atoms with van der Waals surface area (Å²) in [5.74, 6) is -2.24. The van der Waals surface area contributed by atoms with Crippen LogP contribution >= 0.6 is 0 Å². The molecule has 2 N–H and O–H groups in total. The Morgan fingerprint density at radius 3 is 2.19 bits per heavy atom. The molecule has 0 fully saturated rings. The molecule has 4 nitrogen and oxygen atoms in total. The van der Waals surface area contributed by atoms with E-state index in [0.29, 0.717) is 11.1 Å². The zero-order chi connectivity index (χ0) is 12.7. The monoisotopic (exact) mass is 224 g/mol. The van der Waals surface area contributed by atoms with Gasteiger partial charge in [-0.05, 0) is 32.8 Å². The summed E-state index contributed by atoms with van der Waals surface area (Å²) < 4.78 is 0. The topological polar surface area (TPSA) is 74.6 Å². The summed E-state index contributed by atoms with van der Waals surface area (Å²) in [6.45, 7) is 6.73. The Labute approximate surface area is 94.3 Å². The van der Waals surface area contributed by atoms with E-state index in [1.54, 1.807) is 27.7 Å². The third kappa shape index (κ3) is 1.54. The molecule has 0 aromatic carbocycles. The summed E-state index contributed by atoms with van der Waals surface area (Å²) in [6, 6.07) is 0. The van der Waals surface area contributed by atoms with Crippen molar-refractivity contribution in [1.82, 2.24) is 0 Å². The number of hydrogen-bond donors (Lipinski definition) is 2. The van der Waals surface area contributed by atoms with Crippen LogP contribution in [-0.2, 0) is 9.59 Å². The van der Waals surface area contributed by atoms with Gasteiger partial charge in [0.05, 0.1) is 11.0 Å². The lowest BCUT2D eigenvalue weighted by atomic mass is 9.65. The van der Waals surface area contributed by atoms with E-state index >= 15 is 0 Å². The second-order valence-corrected chi connectivity index (χ2v) is 4.46. The molecule has 2 unspecified atom stereocenters. The van der Waals surface area contributed by atoms with E-state index in [-0.39, 0.29) is 11.5 Å². The molecule has 0 aromatic heterocycles. The van der Waals surface area contributed by atoms with Crippen LogP contribution < -0.4 is 0 Å². The Morgan fingerprint density at radius 2 is 1.81 bits per heavy atom. The highest BCUT2D eigenvalue weighted by Crippen LogP contribution is 2.44. The van der Waals surface area contributed by atoms with Crippen LogP contribution in [0.3, 0.4) is 0 Å². The van der Waals surface area contributed by atoms with Gasteiger partial charge >= 0.3 is 11.9 Å². The van der Waals surface area contributed by atoms with Gasteiger partial charge in [-0.25, -0.2) is 4.79 Å². The maximum atomic E-state index is 11.3. The van der Waals surface area contributed by atoms with Gasteiger partial charge in [0, 0.05) is 0 Å². The Hall–Kier alpha value is -1.58. The molecule has 0 saturated heterocycles. The molecule has 2 atom stereocenters. The molecule has 1 aliphatic rings. The van der Waals surface area contributed by atoms with E-state index in [9.17, 15) is 14.7 Å². The van der Waals surface area contributed by atoms with Crippen LogP contribution in [0.1, 0.15) is 27.7 Å². The lowest BCUT2D eigenvalue weighted by molar-refractivity contribution is -0.148. The number of carboxylic acid groups (broad SMARTS) is 2. The standard InChI is InChI=1S/C12H16O4/c1-6-5-9(10(13)14)7(2)8(3)12(6,4)11(15)16/h5,8H,1-4H3,(H,13,14)(H,15,16). The fourth-order valence-electron chi connectivity index (χ4n) is 2.07. The average Bonchev–Trinajstić information content (AvgIpc) is 2.19. The minimum atomic E-state index is -1.01. The van der Waals surface area contributed by atoms with Crippen LogP contribution in [0.15, 0.2) is 22.8 Å². The third-order valence-electron chi connectivity index (χ3n) is 3.80. The van der Waals surface area contributed by atoms with Crippen molar-refractivity contribution in [2.75, 3.05) is 0 Å². The minimum absolute atomic E-state index is 0.212. The van der Waals surface area contributed by atoms with Gasteiger partial charge in [0.25, 0.3) is 0 Å². The highest BCUT2D eigenvalue weighted by Gasteiger charge is 2.44. The zero-order valence-electron chi connectivity index (χ0n) is 9.87. The van der Waals surface area contributed by atoms with Crippen molar-refractivity contribution >= 4 is 11.9 Å². The van der Waals surface area contributed by atoms with Gasteiger partial charge in [-0.15, -0.1) is 0 Å². The number of aliphatic carboxylic acids is 2. The van der Waals surface area contributed by atoms with Gasteiger partial charge in [0.1, 0.15) is 0 Å². The van der Waals surface area contributed by atoms with E-state index in [2.05, 4.69) is 0 Å². The lowest BCUT2D eigenvalue weighted by Crippen LogP contribution is -2.39. The molecule has 0 amide bonds. The number of carbonyl (C=O) groups is 2. The van der Waals surface area contributed by atoms with Crippen molar-refractivity contribution in [1.29, 1.82) is 0 Å². The molecule has 4 heteroatoms. The number of allylic oxidation sites excluding steroid dienone is 1. The normalized spacial score (nSPS) is 30.0. The molecular formula is C12H16O4. The molecule has 0 spiro atoms. The van der Waals surface area contributed by atoms with E-state index in [1.165, 1.54) is 6.08 Å². The van der Waals surface area contributed by atoms with Gasteiger partial charge in [0.15, 0.2) is 0 Å². The molecule has 0 bridgehead atoms. The third-order valence-corrected chi connectivity index (χ3v) is 3.80. The van der Waals surface area contributed by atoms with Gasteiger partial charge < -0.3 is 10.2 Å². The van der Waals surface area contributed by atoms with Gasteiger partial charge in [-0.3, -0.25) is 4.79 Å². The van der Waals surface area contributed by atoms with E-state index < -0.39 is 17.4 Å². The summed E-state index contributed by atoms with van der Waals surface area (Å²) in [5, 5.41) is 18.3. The quantitative estimate of drug-likeness (QED) is 0.753. The highest BCUT2D eigenvalue weighted by molar-refractivity contribution is 5.93. The first-order chi connectivity index (χ1) is 7.22. The molecule has 0 aliphatic heterocycles. The summed E-state index contributed by atoms with van der Waals surface area (Å²) >= 11 is 0. The molecule has 1 aliphatic carbocycles. The summed E-state index contributed by atoms with van der Waals surface area (Å²) in [5.41, 5.74) is 0.394. The van der Waals surface area contributed by atoms with Crippen molar-refractivity contribution in [2.24, 2.45) is 11.3 Å². The van der Waals surface area contributed by atoms with Crippen LogP contribution in [0.25, 0.3) is 0 Å². The van der Waals surface area contributed by atoms with E-state index in [0.717, 1.165) is 0 Å². The molecule has 1 rings (SSSR count). The predicted molar refractivity (Wildman–Crippen MR) is 59.0 cm³/mol. The van der Waals surface area contributed by atoms with Crippen LogP contribution in [0.2, 0.25) is 0 Å². The van der Waals surface area contributed by atoms with Crippen molar-refractivity contribution in [3.8, 4) is 0 Å². The zero-order valence-corrected chi connectivity index (χ0v) is 9.87. The summed E-state index contributed by atoms with van der Waals surface area (Å²) in [7, 11) is 0. The predicted octanol–water partition coefficient (Wildman–Crippen LogP) is 2.07. The van der Waals surface area contributed by atoms with Crippen LogP contribution in [0.4, 0.5) is 0 Å². The highest BCUT2D eigenvalue weighted by atomic mass is 16.4. The largest absolute Gasteiger partial charge is 0.481 e. The molecule has 0 radical (unpaired) electrons. The van der Waals surface area contributed by atoms with Gasteiger partial charge in [0.2, 0.25) is 0 Å². The van der Waals surface area contributed by atoms with Gasteiger partial charge in [-0.1, -0.05) is 18.1 Å². The fraction of sp³-hybridized carbons (Fsp3) is 0.500. The van der Waals surface area contributed by atoms with Crippen molar-refractivity contribution in [2.45, 2.75) is 27.7 Å². The first-order valence-electron chi connectivity index (χ1n) is 5.09. The maximum absolute atomic E-state index is 11.3. The van der Waals surface area contributed by atoms with E-state index in [4.69, 9.17) is 5.11 Å². The Bertz CT molecular complexity index is 417. The van der Waals surface area contributed by atoms with Crippen LogP contribution in [0.5, 0.6) is 0 Å². The number of hydrogen-bond acceptors (Lipinski definition) is 2. The Morgan fingerprint density at radius 1 is 1.31 bits per heavy atom. The molecule has 88 valence electrons. The van der Waals surface area contributed by atoms with Crippen LogP contribution in [0, 0.1) is 11.3 Å². The van der Waals surface area contributed by atoms with Gasteiger partial charge in [-0.2, -0.15) is 0 Å². The maximum Gasteiger partial charge on any atom is 0.335 e. The Kier molecular flexibility index (Phi) is 2.95. The summed E-state index contributed by atoms with van der Waals surface area (Å²) in [4.78, 5) is 22.3. The fourth-order valence-corrected chi connectivity index (χ4v) is 2.07. The number of carboxylic acids is 2. The van der Waals surface area contributed by atoms with Crippen molar-refractivity contribution in [3.63, 3.8) is 0 Å². The molecule has 0 heterocycles. The molecule has 0 aromatic rings. The van der Waals surface area contributed by atoms with E-state index in [1.807, 2.05) is 0 Å². The minimum Gasteiger partial charge on any atom is -0.481 e. The second kappa shape index (κ2) is 3.77. The second-order valence-electron chi connectivity index (χ2n) is 4.46. The number of rotatable bonds is 2. The van der Waals surface area contributed by atoms with Crippen LogP contribution in [-0.4, -0.2) is 22.2 Å². The first kappa shape index (κ1) is 12.5. The molecule has 0 saturated carbocycles. The first-order valence-corrected chi connectivity index (χ1v) is 5.09. The smallest absolute Gasteiger partial charge is 0.335 e. The molecular weight excluding hydrogens is 208 g/mol. The Balaban J connectivity index is 3.38.